The molecule has 0 bridgehead atoms. The van der Waals surface area contributed by atoms with Crippen molar-refractivity contribution in [1.29, 1.82) is 0 Å². The highest BCUT2D eigenvalue weighted by Gasteiger charge is 2.21. The summed E-state index contributed by atoms with van der Waals surface area (Å²) in [5, 5.41) is 0. The van der Waals surface area contributed by atoms with E-state index in [1.807, 2.05) is 13.0 Å². The molecule has 0 spiro atoms. The van der Waals surface area contributed by atoms with Gasteiger partial charge < -0.3 is 4.57 Å². The van der Waals surface area contributed by atoms with Crippen molar-refractivity contribution >= 4 is 0 Å². The van der Waals surface area contributed by atoms with Gasteiger partial charge >= 0.3 is 0 Å². The molecular weight excluding hydrogens is 409 g/mol. The van der Waals surface area contributed by atoms with Crippen molar-refractivity contribution in [2.45, 2.75) is 78.4 Å². The van der Waals surface area contributed by atoms with E-state index < -0.39 is 0 Å². The molecule has 4 heteroatoms. The van der Waals surface area contributed by atoms with E-state index in [0.717, 1.165) is 56.3 Å². The fourth-order valence-corrected chi connectivity index (χ4v) is 5.15. The largest absolute Gasteiger partial charge is 0.327 e. The fraction of sp³-hybridized carbons (Fsp3) is 0.483. The summed E-state index contributed by atoms with van der Waals surface area (Å²) in [6.45, 7) is 8.07. The van der Waals surface area contributed by atoms with Gasteiger partial charge in [-0.3, -0.25) is 4.90 Å². The molecule has 0 radical (unpaired) electrons. The molecule has 1 saturated carbocycles. The van der Waals surface area contributed by atoms with Crippen molar-refractivity contribution < 1.29 is 4.39 Å². The minimum absolute atomic E-state index is 0.153. The third kappa shape index (κ3) is 6.32. The molecule has 0 saturated heterocycles. The maximum Gasteiger partial charge on any atom is 0.140 e. The Morgan fingerprint density at radius 3 is 2.55 bits per heavy atom. The van der Waals surface area contributed by atoms with Crippen molar-refractivity contribution in [3.63, 3.8) is 0 Å². The van der Waals surface area contributed by atoms with Crippen LogP contribution in [0.3, 0.4) is 0 Å². The molecule has 1 heterocycles. The summed E-state index contributed by atoms with van der Waals surface area (Å²) in [5.41, 5.74) is 4.70. The van der Waals surface area contributed by atoms with Crippen LogP contribution in [0.2, 0.25) is 0 Å². The van der Waals surface area contributed by atoms with Crippen LogP contribution in [0.15, 0.2) is 54.7 Å². The highest BCUT2D eigenvalue weighted by atomic mass is 19.1. The lowest BCUT2D eigenvalue weighted by Crippen LogP contribution is -2.31. The number of benzene rings is 2. The number of hydrogen-bond donors (Lipinski definition) is 0. The van der Waals surface area contributed by atoms with Crippen molar-refractivity contribution in [2.24, 2.45) is 5.92 Å². The highest BCUT2D eigenvalue weighted by Crippen LogP contribution is 2.27. The summed E-state index contributed by atoms with van der Waals surface area (Å²) in [6.07, 6.45) is 11.1. The predicted molar refractivity (Wildman–Crippen MR) is 134 cm³/mol. The molecule has 176 valence electrons. The Morgan fingerprint density at radius 2 is 1.82 bits per heavy atom. The van der Waals surface area contributed by atoms with Crippen LogP contribution in [0, 0.1) is 18.7 Å². The summed E-state index contributed by atoms with van der Waals surface area (Å²) >= 11 is 0. The molecule has 1 aliphatic rings. The number of hydrogen-bond acceptors (Lipinski definition) is 2. The Hall–Kier alpha value is -2.46. The highest BCUT2D eigenvalue weighted by molar-refractivity contribution is 5.55. The zero-order valence-electron chi connectivity index (χ0n) is 20.3. The van der Waals surface area contributed by atoms with E-state index in [2.05, 4.69) is 52.9 Å². The van der Waals surface area contributed by atoms with Crippen molar-refractivity contribution in [1.82, 2.24) is 14.5 Å². The molecule has 0 atom stereocenters. The second kappa shape index (κ2) is 11.6. The molecule has 3 nitrogen and oxygen atoms in total. The minimum atomic E-state index is -0.153. The normalized spacial score (nSPS) is 14.8. The van der Waals surface area contributed by atoms with Gasteiger partial charge in [0.2, 0.25) is 0 Å². The molecular formula is C29H38FN3. The van der Waals surface area contributed by atoms with E-state index in [-0.39, 0.29) is 5.82 Å². The zero-order valence-corrected chi connectivity index (χ0v) is 20.3. The Labute approximate surface area is 198 Å². The first-order chi connectivity index (χ1) is 16.1. The maximum absolute atomic E-state index is 13.7. The number of rotatable bonds is 10. The lowest BCUT2D eigenvalue weighted by Gasteiger charge is -2.30. The van der Waals surface area contributed by atoms with E-state index in [1.54, 1.807) is 12.1 Å². The third-order valence-corrected chi connectivity index (χ3v) is 7.03. The number of imidazole rings is 1. The van der Waals surface area contributed by atoms with E-state index in [1.165, 1.54) is 48.9 Å². The molecule has 33 heavy (non-hydrogen) atoms. The Balaban J connectivity index is 1.60. The molecule has 0 amide bonds. The van der Waals surface area contributed by atoms with Gasteiger partial charge in [-0.15, -0.1) is 0 Å². The van der Waals surface area contributed by atoms with Crippen LogP contribution in [0.25, 0.3) is 11.4 Å². The van der Waals surface area contributed by atoms with Gasteiger partial charge in [0.05, 0.1) is 11.9 Å². The number of nitrogens with zero attached hydrogens (tertiary/aromatic N) is 3. The first-order valence-electron chi connectivity index (χ1n) is 12.7. The lowest BCUT2D eigenvalue weighted by molar-refractivity contribution is 0.183. The number of aryl methyl sites for hydroxylation is 1. The van der Waals surface area contributed by atoms with Gasteiger partial charge in [-0.05, 0) is 55.4 Å². The summed E-state index contributed by atoms with van der Waals surface area (Å²) < 4.78 is 16.1. The van der Waals surface area contributed by atoms with E-state index >= 15 is 0 Å². The van der Waals surface area contributed by atoms with Crippen LogP contribution in [0.4, 0.5) is 4.39 Å². The molecule has 0 N–H and O–H groups in total. The molecule has 1 aliphatic carbocycles. The van der Waals surface area contributed by atoms with Gasteiger partial charge in [0, 0.05) is 31.7 Å². The van der Waals surface area contributed by atoms with E-state index in [9.17, 15) is 4.39 Å². The van der Waals surface area contributed by atoms with Gasteiger partial charge in [-0.1, -0.05) is 69.0 Å². The standard InChI is InChI=1S/C29H38FN3/c1-3-4-17-33-28(19-31-29(33)25-13-9-6-10-14-25)22-32(20-24-11-7-5-8-12-24)21-26-15-16-27(30)18-23(26)2/h6,9-10,13-16,18-19,24H,3-5,7-8,11-12,17,20-22H2,1-2H3. The monoisotopic (exact) mass is 447 g/mol. The number of aromatic nitrogens is 2. The van der Waals surface area contributed by atoms with Crippen LogP contribution in [-0.2, 0) is 19.6 Å². The molecule has 0 unspecified atom stereocenters. The van der Waals surface area contributed by atoms with Gasteiger partial charge in [0.1, 0.15) is 11.6 Å². The second-order valence-corrected chi connectivity index (χ2v) is 9.69. The average molecular weight is 448 g/mol. The molecule has 2 aromatic carbocycles. The quantitative estimate of drug-likeness (QED) is 0.323. The number of halogens is 1. The van der Waals surface area contributed by atoms with E-state index in [4.69, 9.17) is 4.98 Å². The number of unbranched alkanes of at least 4 members (excludes halogenated alkanes) is 1. The summed E-state index contributed by atoms with van der Waals surface area (Å²) in [5.74, 6) is 1.66. The van der Waals surface area contributed by atoms with Crippen LogP contribution in [0.5, 0.6) is 0 Å². The van der Waals surface area contributed by atoms with Gasteiger partial charge in [0.25, 0.3) is 0 Å². The van der Waals surface area contributed by atoms with Crippen molar-refractivity contribution in [3.05, 3.63) is 77.4 Å². The summed E-state index contributed by atoms with van der Waals surface area (Å²) in [7, 11) is 0. The summed E-state index contributed by atoms with van der Waals surface area (Å²) in [6, 6.07) is 15.7. The fourth-order valence-electron chi connectivity index (χ4n) is 5.15. The first kappa shape index (κ1) is 23.7. The SMILES string of the molecule is CCCCn1c(CN(Cc2ccc(F)cc2C)CC2CCCCC2)cnc1-c1ccccc1. The summed E-state index contributed by atoms with van der Waals surface area (Å²) in [4.78, 5) is 7.44. The van der Waals surface area contributed by atoms with Crippen molar-refractivity contribution in [2.75, 3.05) is 6.54 Å². The van der Waals surface area contributed by atoms with Gasteiger partial charge in [0.15, 0.2) is 0 Å². The van der Waals surface area contributed by atoms with E-state index in [0.29, 0.717) is 0 Å². The van der Waals surface area contributed by atoms with Gasteiger partial charge in [-0.2, -0.15) is 0 Å². The van der Waals surface area contributed by atoms with Crippen LogP contribution >= 0.6 is 0 Å². The molecule has 1 aromatic heterocycles. The van der Waals surface area contributed by atoms with Gasteiger partial charge in [-0.25, -0.2) is 9.37 Å². The molecule has 4 rings (SSSR count). The third-order valence-electron chi connectivity index (χ3n) is 7.03. The van der Waals surface area contributed by atoms with Crippen molar-refractivity contribution in [3.8, 4) is 11.4 Å². The molecule has 1 fully saturated rings. The van der Waals surface area contributed by atoms with Crippen LogP contribution in [0.1, 0.15) is 68.7 Å². The predicted octanol–water partition coefficient (Wildman–Crippen LogP) is 7.38. The molecule has 0 aliphatic heterocycles. The Kier molecular flexibility index (Phi) is 8.33. The first-order valence-corrected chi connectivity index (χ1v) is 12.7. The smallest absolute Gasteiger partial charge is 0.140 e. The topological polar surface area (TPSA) is 21.1 Å². The zero-order chi connectivity index (χ0) is 23.0. The molecule has 3 aromatic rings. The lowest BCUT2D eigenvalue weighted by atomic mass is 9.88. The van der Waals surface area contributed by atoms with Crippen LogP contribution < -0.4 is 0 Å². The average Bonchev–Trinajstić information content (AvgIpc) is 3.23. The Bertz CT molecular complexity index is 1000. The second-order valence-electron chi connectivity index (χ2n) is 9.69. The maximum atomic E-state index is 13.7. The Morgan fingerprint density at radius 1 is 1.03 bits per heavy atom. The van der Waals surface area contributed by atoms with Crippen LogP contribution in [-0.4, -0.2) is 21.0 Å². The minimum Gasteiger partial charge on any atom is -0.327 e.